The van der Waals surface area contributed by atoms with Gasteiger partial charge in [-0.1, -0.05) is 0 Å². The van der Waals surface area contributed by atoms with Crippen LogP contribution in [0.15, 0.2) is 70.7 Å². The molecule has 3 aromatic rings. The summed E-state index contributed by atoms with van der Waals surface area (Å²) >= 11 is 0. The van der Waals surface area contributed by atoms with Crippen molar-refractivity contribution >= 4 is 31.6 Å². The lowest BCUT2D eigenvalue weighted by atomic mass is 10.3. The molecule has 0 aliphatic rings. The smallest absolute Gasteiger partial charge is 0.263 e. The third kappa shape index (κ3) is 4.96. The molecular formula is C18H18N4O6S2. The van der Waals surface area contributed by atoms with Gasteiger partial charge in [-0.15, -0.1) is 0 Å². The second kappa shape index (κ2) is 8.55. The first-order chi connectivity index (χ1) is 14.2. The van der Waals surface area contributed by atoms with Gasteiger partial charge in [0.1, 0.15) is 17.9 Å². The van der Waals surface area contributed by atoms with Crippen molar-refractivity contribution in [1.82, 2.24) is 9.97 Å². The van der Waals surface area contributed by atoms with Gasteiger partial charge in [0.2, 0.25) is 5.88 Å². The molecule has 0 unspecified atom stereocenters. The Morgan fingerprint density at radius 2 is 1.30 bits per heavy atom. The molecule has 0 aliphatic carbocycles. The van der Waals surface area contributed by atoms with Gasteiger partial charge < -0.3 is 9.47 Å². The highest BCUT2D eigenvalue weighted by Crippen LogP contribution is 2.22. The van der Waals surface area contributed by atoms with Crippen LogP contribution in [-0.2, 0) is 20.0 Å². The molecule has 0 radical (unpaired) electrons. The molecule has 3 rings (SSSR count). The van der Waals surface area contributed by atoms with Crippen LogP contribution < -0.4 is 18.9 Å². The van der Waals surface area contributed by atoms with Crippen molar-refractivity contribution in [2.45, 2.75) is 9.79 Å². The second-order valence-corrected chi connectivity index (χ2v) is 9.22. The predicted octanol–water partition coefficient (Wildman–Crippen LogP) is 2.10. The lowest BCUT2D eigenvalue weighted by Crippen LogP contribution is -2.15. The third-order valence-corrected chi connectivity index (χ3v) is 6.64. The van der Waals surface area contributed by atoms with Gasteiger partial charge in [0.15, 0.2) is 0 Å². The average molecular weight is 450 g/mol. The number of benzene rings is 2. The minimum atomic E-state index is -3.95. The first-order valence-electron chi connectivity index (χ1n) is 8.39. The second-order valence-electron chi connectivity index (χ2n) is 5.86. The summed E-state index contributed by atoms with van der Waals surface area (Å²) in [7, 11) is -4.92. The monoisotopic (exact) mass is 450 g/mol. The summed E-state index contributed by atoms with van der Waals surface area (Å²) in [6.45, 7) is 0. The Labute approximate surface area is 174 Å². The van der Waals surface area contributed by atoms with Crippen molar-refractivity contribution < 1.29 is 26.3 Å². The Bertz CT molecular complexity index is 1230. The van der Waals surface area contributed by atoms with Crippen LogP contribution in [0, 0.1) is 0 Å². The topological polar surface area (TPSA) is 137 Å². The van der Waals surface area contributed by atoms with E-state index < -0.39 is 20.0 Å². The Morgan fingerprint density at radius 1 is 0.733 bits per heavy atom. The van der Waals surface area contributed by atoms with E-state index in [1.807, 2.05) is 0 Å². The first kappa shape index (κ1) is 21.3. The van der Waals surface area contributed by atoms with Crippen molar-refractivity contribution in [3.05, 3.63) is 60.9 Å². The third-order valence-electron chi connectivity index (χ3n) is 3.88. The highest BCUT2D eigenvalue weighted by Gasteiger charge is 2.18. The average Bonchev–Trinajstić information content (AvgIpc) is 2.73. The summed E-state index contributed by atoms with van der Waals surface area (Å²) in [5.74, 6) is 0.759. The highest BCUT2D eigenvalue weighted by atomic mass is 32.2. The summed E-state index contributed by atoms with van der Waals surface area (Å²) < 4.78 is 64.6. The van der Waals surface area contributed by atoms with Crippen LogP contribution in [-0.4, -0.2) is 41.0 Å². The lowest BCUT2D eigenvalue weighted by molar-refractivity contribution is 0.397. The molecule has 0 fully saturated rings. The first-order valence-corrected chi connectivity index (χ1v) is 11.4. The maximum Gasteiger partial charge on any atom is 0.263 e. The zero-order valence-corrected chi connectivity index (χ0v) is 17.6. The highest BCUT2D eigenvalue weighted by molar-refractivity contribution is 7.93. The number of rotatable bonds is 8. The number of ether oxygens (including phenoxy) is 2. The van der Waals surface area contributed by atoms with Crippen LogP contribution in [0.5, 0.6) is 11.6 Å². The summed E-state index contributed by atoms with van der Waals surface area (Å²) in [5.41, 5.74) is 0.202. The number of aromatic nitrogens is 2. The van der Waals surface area contributed by atoms with Crippen LogP contribution in [0.2, 0.25) is 0 Å². The Balaban J connectivity index is 1.76. The summed E-state index contributed by atoms with van der Waals surface area (Å²) in [6.07, 6.45) is 1.16. The number of sulfonamides is 2. The number of hydrogen-bond acceptors (Lipinski definition) is 8. The lowest BCUT2D eigenvalue weighted by Gasteiger charge is -2.11. The van der Waals surface area contributed by atoms with E-state index in [1.165, 1.54) is 68.8 Å². The molecule has 2 aromatic carbocycles. The Morgan fingerprint density at radius 3 is 1.87 bits per heavy atom. The largest absolute Gasteiger partial charge is 0.497 e. The van der Waals surface area contributed by atoms with Gasteiger partial charge >= 0.3 is 0 Å². The van der Waals surface area contributed by atoms with E-state index in [9.17, 15) is 16.8 Å². The normalized spacial score (nSPS) is 11.5. The number of anilines is 2. The molecule has 158 valence electrons. The number of hydrogen-bond donors (Lipinski definition) is 2. The molecule has 1 heterocycles. The zero-order chi connectivity index (χ0) is 21.8. The summed E-state index contributed by atoms with van der Waals surface area (Å²) in [4.78, 5) is 7.59. The molecule has 30 heavy (non-hydrogen) atoms. The van der Waals surface area contributed by atoms with E-state index >= 15 is 0 Å². The standard InChI is InChI=1S/C18H18N4O6S2/c1-27-14-5-9-16(10-6-14)29(23,24)21-13-3-7-15(8-4-13)30(25,26)22-17-11-18(28-2)20-12-19-17/h3-12,21H,1-2H3,(H,19,20,22). The van der Waals surface area contributed by atoms with E-state index in [4.69, 9.17) is 9.47 Å². The van der Waals surface area contributed by atoms with Gasteiger partial charge in [-0.25, -0.2) is 26.8 Å². The molecule has 10 nitrogen and oxygen atoms in total. The Hall–Kier alpha value is -3.38. The minimum Gasteiger partial charge on any atom is -0.497 e. The molecule has 0 aliphatic heterocycles. The fourth-order valence-corrected chi connectivity index (χ4v) is 4.43. The van der Waals surface area contributed by atoms with E-state index in [0.29, 0.717) is 5.75 Å². The SMILES string of the molecule is COc1ccc(S(=O)(=O)Nc2ccc(S(=O)(=O)Nc3cc(OC)ncn3)cc2)cc1. The van der Waals surface area contributed by atoms with E-state index in [2.05, 4.69) is 19.4 Å². The van der Waals surface area contributed by atoms with Gasteiger partial charge in [-0.05, 0) is 48.5 Å². The number of nitrogens with zero attached hydrogens (tertiary/aromatic N) is 2. The quantitative estimate of drug-likeness (QED) is 0.532. The molecule has 0 saturated carbocycles. The van der Waals surface area contributed by atoms with Crippen molar-refractivity contribution in [1.29, 1.82) is 0 Å². The fraction of sp³-hybridized carbons (Fsp3) is 0.111. The molecule has 0 bridgehead atoms. The van der Waals surface area contributed by atoms with Crippen LogP contribution in [0.1, 0.15) is 0 Å². The summed E-state index contributed by atoms with van der Waals surface area (Å²) in [6, 6.07) is 12.4. The van der Waals surface area contributed by atoms with Gasteiger partial charge in [0, 0.05) is 11.8 Å². The minimum absolute atomic E-state index is 0.0335. The summed E-state index contributed by atoms with van der Waals surface area (Å²) in [5, 5.41) is 0. The molecule has 0 amide bonds. The molecular weight excluding hydrogens is 432 g/mol. The zero-order valence-electron chi connectivity index (χ0n) is 15.9. The number of methoxy groups -OCH3 is 2. The van der Waals surface area contributed by atoms with Crippen LogP contribution >= 0.6 is 0 Å². The van der Waals surface area contributed by atoms with Crippen molar-refractivity contribution in [2.75, 3.05) is 23.7 Å². The molecule has 0 spiro atoms. The molecule has 1 aromatic heterocycles. The van der Waals surface area contributed by atoms with E-state index in [-0.39, 0.29) is 27.2 Å². The van der Waals surface area contributed by atoms with Gasteiger partial charge in [0.25, 0.3) is 20.0 Å². The maximum atomic E-state index is 12.5. The van der Waals surface area contributed by atoms with Gasteiger partial charge in [-0.2, -0.15) is 0 Å². The van der Waals surface area contributed by atoms with Gasteiger partial charge in [0.05, 0.1) is 24.0 Å². The van der Waals surface area contributed by atoms with Crippen molar-refractivity contribution in [3.63, 3.8) is 0 Å². The number of nitrogens with one attached hydrogen (secondary N) is 2. The van der Waals surface area contributed by atoms with E-state index in [1.54, 1.807) is 0 Å². The molecule has 2 N–H and O–H groups in total. The predicted molar refractivity (Wildman–Crippen MR) is 110 cm³/mol. The van der Waals surface area contributed by atoms with E-state index in [0.717, 1.165) is 6.33 Å². The molecule has 0 atom stereocenters. The van der Waals surface area contributed by atoms with Crippen molar-refractivity contribution in [2.24, 2.45) is 0 Å². The maximum absolute atomic E-state index is 12.5. The Kier molecular flexibility index (Phi) is 6.08. The van der Waals surface area contributed by atoms with Crippen LogP contribution in [0.25, 0.3) is 0 Å². The molecule has 12 heteroatoms. The van der Waals surface area contributed by atoms with Crippen LogP contribution in [0.4, 0.5) is 11.5 Å². The fourth-order valence-electron chi connectivity index (χ4n) is 2.37. The van der Waals surface area contributed by atoms with Crippen LogP contribution in [0.3, 0.4) is 0 Å². The van der Waals surface area contributed by atoms with Crippen molar-refractivity contribution in [3.8, 4) is 11.6 Å². The van der Waals surface area contributed by atoms with Gasteiger partial charge in [-0.3, -0.25) is 9.44 Å². The molecule has 0 saturated heterocycles.